The van der Waals surface area contributed by atoms with Crippen molar-refractivity contribution in [3.05, 3.63) is 56.8 Å². The molecule has 0 atom stereocenters. The summed E-state index contributed by atoms with van der Waals surface area (Å²) in [6.07, 6.45) is -1.81. The molecule has 0 amide bonds. The molecule has 1 aromatic carbocycles. The number of alkyl halides is 3. The van der Waals surface area contributed by atoms with E-state index in [1.807, 2.05) is 26.0 Å². The minimum Gasteiger partial charge on any atom is -0.365 e. The SMILES string of the molecule is CC(C)n1cc(C(F)(F)F)nc1-c1ccc(CNc2nc(Cl)ncc2I)cc1. The summed E-state index contributed by atoms with van der Waals surface area (Å²) < 4.78 is 41.5. The van der Waals surface area contributed by atoms with Gasteiger partial charge in [-0.1, -0.05) is 24.3 Å². The summed E-state index contributed by atoms with van der Waals surface area (Å²) in [6, 6.07) is 7.05. The zero-order chi connectivity index (χ0) is 20.5. The van der Waals surface area contributed by atoms with E-state index in [2.05, 4.69) is 42.9 Å². The summed E-state index contributed by atoms with van der Waals surface area (Å²) >= 11 is 7.91. The molecule has 0 fully saturated rings. The first-order valence-corrected chi connectivity index (χ1v) is 9.78. The van der Waals surface area contributed by atoms with Gasteiger partial charge in [0, 0.05) is 30.5 Å². The normalized spacial score (nSPS) is 11.9. The average Bonchev–Trinajstić information content (AvgIpc) is 3.09. The smallest absolute Gasteiger partial charge is 0.365 e. The van der Waals surface area contributed by atoms with Crippen molar-refractivity contribution < 1.29 is 13.2 Å². The van der Waals surface area contributed by atoms with E-state index in [1.54, 1.807) is 18.3 Å². The topological polar surface area (TPSA) is 55.6 Å². The second-order valence-electron chi connectivity index (χ2n) is 6.33. The highest BCUT2D eigenvalue weighted by atomic mass is 127. The van der Waals surface area contributed by atoms with Gasteiger partial charge in [-0.2, -0.15) is 18.2 Å². The van der Waals surface area contributed by atoms with E-state index in [9.17, 15) is 13.2 Å². The van der Waals surface area contributed by atoms with Gasteiger partial charge in [-0.3, -0.25) is 0 Å². The van der Waals surface area contributed by atoms with Gasteiger partial charge >= 0.3 is 6.18 Å². The Morgan fingerprint density at radius 1 is 1.18 bits per heavy atom. The molecule has 0 aliphatic carbocycles. The lowest BCUT2D eigenvalue weighted by molar-refractivity contribution is -0.140. The van der Waals surface area contributed by atoms with Gasteiger partial charge in [0.25, 0.3) is 0 Å². The van der Waals surface area contributed by atoms with E-state index in [1.165, 1.54) is 4.57 Å². The average molecular weight is 522 g/mol. The van der Waals surface area contributed by atoms with Crippen LogP contribution in [0.25, 0.3) is 11.4 Å². The van der Waals surface area contributed by atoms with Crippen LogP contribution in [0.4, 0.5) is 19.0 Å². The van der Waals surface area contributed by atoms with Crippen molar-refractivity contribution in [2.45, 2.75) is 32.6 Å². The van der Waals surface area contributed by atoms with Crippen molar-refractivity contribution in [1.82, 2.24) is 19.5 Å². The molecular weight excluding hydrogens is 506 g/mol. The Bertz CT molecular complexity index is 970. The Hall–Kier alpha value is -1.88. The van der Waals surface area contributed by atoms with Crippen LogP contribution in [0.2, 0.25) is 5.28 Å². The zero-order valence-corrected chi connectivity index (χ0v) is 17.8. The fraction of sp³-hybridized carbons (Fsp3) is 0.278. The Kier molecular flexibility index (Phi) is 6.13. The van der Waals surface area contributed by atoms with Crippen molar-refractivity contribution in [2.24, 2.45) is 0 Å². The zero-order valence-electron chi connectivity index (χ0n) is 14.9. The van der Waals surface area contributed by atoms with Gasteiger partial charge in [-0.05, 0) is 53.6 Å². The first-order chi connectivity index (χ1) is 13.1. The Balaban J connectivity index is 1.81. The summed E-state index contributed by atoms with van der Waals surface area (Å²) in [5, 5.41) is 3.32. The number of hydrogen-bond acceptors (Lipinski definition) is 4. The van der Waals surface area contributed by atoms with Gasteiger partial charge in [0.1, 0.15) is 11.6 Å². The molecule has 0 aliphatic rings. The third-order valence-corrected chi connectivity index (χ3v) is 4.94. The first-order valence-electron chi connectivity index (χ1n) is 8.32. The van der Waals surface area contributed by atoms with Crippen LogP contribution >= 0.6 is 34.2 Å². The van der Waals surface area contributed by atoms with Crippen molar-refractivity contribution in [3.63, 3.8) is 0 Å². The largest absolute Gasteiger partial charge is 0.434 e. The highest BCUT2D eigenvalue weighted by Gasteiger charge is 2.35. The van der Waals surface area contributed by atoms with E-state index in [0.29, 0.717) is 23.8 Å². The fourth-order valence-electron chi connectivity index (χ4n) is 2.56. The number of halogens is 5. The van der Waals surface area contributed by atoms with Gasteiger partial charge in [0.2, 0.25) is 5.28 Å². The number of anilines is 1. The lowest BCUT2D eigenvalue weighted by Gasteiger charge is -2.12. The van der Waals surface area contributed by atoms with Crippen LogP contribution < -0.4 is 5.32 Å². The van der Waals surface area contributed by atoms with Gasteiger partial charge in [0.05, 0.1) is 3.57 Å². The monoisotopic (exact) mass is 521 g/mol. The van der Waals surface area contributed by atoms with E-state index >= 15 is 0 Å². The number of benzene rings is 1. The molecule has 0 unspecified atom stereocenters. The maximum Gasteiger partial charge on any atom is 0.434 e. The Morgan fingerprint density at radius 2 is 1.86 bits per heavy atom. The van der Waals surface area contributed by atoms with Crippen molar-refractivity contribution >= 4 is 40.0 Å². The molecule has 3 aromatic rings. The molecule has 3 rings (SSSR count). The molecule has 1 N–H and O–H groups in total. The van der Waals surface area contributed by atoms with E-state index in [-0.39, 0.29) is 11.3 Å². The van der Waals surface area contributed by atoms with Crippen LogP contribution in [0.15, 0.2) is 36.7 Å². The Morgan fingerprint density at radius 3 is 2.46 bits per heavy atom. The highest BCUT2D eigenvalue weighted by Crippen LogP contribution is 2.32. The second-order valence-corrected chi connectivity index (χ2v) is 7.83. The molecule has 0 saturated carbocycles. The van der Waals surface area contributed by atoms with Gasteiger partial charge in [0.15, 0.2) is 5.69 Å². The second kappa shape index (κ2) is 8.24. The van der Waals surface area contributed by atoms with Crippen LogP contribution in [0, 0.1) is 3.57 Å². The number of rotatable bonds is 5. The number of nitrogens with zero attached hydrogens (tertiary/aromatic N) is 4. The molecule has 148 valence electrons. The van der Waals surface area contributed by atoms with Gasteiger partial charge in [-0.25, -0.2) is 9.97 Å². The standard InChI is InChI=1S/C18H16ClF3IN5/c1-10(2)28-9-14(18(20,21)22)26-16(28)12-5-3-11(4-6-12)7-24-15-13(23)8-25-17(19)27-15/h3-6,8-10H,7H2,1-2H3,(H,24,25,27). The molecule has 10 heteroatoms. The summed E-state index contributed by atoms with van der Waals surface area (Å²) in [5.41, 5.74) is 0.665. The molecule has 2 heterocycles. The van der Waals surface area contributed by atoms with Crippen LogP contribution in [0.1, 0.15) is 31.1 Å². The maximum atomic E-state index is 13.0. The fourth-order valence-corrected chi connectivity index (χ4v) is 3.15. The summed E-state index contributed by atoms with van der Waals surface area (Å²) in [4.78, 5) is 11.8. The predicted molar refractivity (Wildman–Crippen MR) is 110 cm³/mol. The number of imidazole rings is 1. The molecule has 0 bridgehead atoms. The molecule has 0 radical (unpaired) electrons. The summed E-state index contributed by atoms with van der Waals surface area (Å²) in [5.74, 6) is 0.911. The predicted octanol–water partition coefficient (Wildman–Crippen LogP) is 5.81. The Labute approximate surface area is 178 Å². The third kappa shape index (κ3) is 4.75. The van der Waals surface area contributed by atoms with Crippen LogP contribution in [0.3, 0.4) is 0 Å². The minimum atomic E-state index is -4.48. The quantitative estimate of drug-likeness (QED) is 0.340. The van der Waals surface area contributed by atoms with Crippen molar-refractivity contribution in [2.75, 3.05) is 5.32 Å². The first kappa shape index (κ1) is 20.8. The van der Waals surface area contributed by atoms with Crippen LogP contribution in [-0.4, -0.2) is 19.5 Å². The molecule has 0 spiro atoms. The van der Waals surface area contributed by atoms with Crippen molar-refractivity contribution in [3.8, 4) is 11.4 Å². The molecule has 28 heavy (non-hydrogen) atoms. The van der Waals surface area contributed by atoms with Gasteiger partial charge in [-0.15, -0.1) is 0 Å². The lowest BCUT2D eigenvalue weighted by atomic mass is 10.1. The molecule has 0 saturated heterocycles. The van der Waals surface area contributed by atoms with Gasteiger partial charge < -0.3 is 9.88 Å². The highest BCUT2D eigenvalue weighted by molar-refractivity contribution is 14.1. The number of hydrogen-bond donors (Lipinski definition) is 1. The third-order valence-electron chi connectivity index (χ3n) is 3.97. The number of nitrogens with one attached hydrogen (secondary N) is 1. The maximum absolute atomic E-state index is 13.0. The van der Waals surface area contributed by atoms with Crippen LogP contribution in [0.5, 0.6) is 0 Å². The molecular formula is C18H16ClF3IN5. The molecule has 5 nitrogen and oxygen atoms in total. The van der Waals surface area contributed by atoms with E-state index in [0.717, 1.165) is 15.3 Å². The van der Waals surface area contributed by atoms with E-state index < -0.39 is 11.9 Å². The van der Waals surface area contributed by atoms with Crippen molar-refractivity contribution in [1.29, 1.82) is 0 Å². The minimum absolute atomic E-state index is 0.149. The lowest BCUT2D eigenvalue weighted by Crippen LogP contribution is -2.05. The summed E-state index contributed by atoms with van der Waals surface area (Å²) in [7, 11) is 0. The van der Waals surface area contributed by atoms with Crippen LogP contribution in [-0.2, 0) is 12.7 Å². The van der Waals surface area contributed by atoms with E-state index in [4.69, 9.17) is 11.6 Å². The molecule has 2 aromatic heterocycles. The summed E-state index contributed by atoms with van der Waals surface area (Å²) in [6.45, 7) is 4.12. The molecule has 0 aliphatic heterocycles. The number of aromatic nitrogens is 4.